The molecular weight excluding hydrogens is 354 g/mol. The van der Waals surface area contributed by atoms with Gasteiger partial charge in [0, 0.05) is 26.0 Å². The van der Waals surface area contributed by atoms with Crippen LogP contribution in [0.15, 0.2) is 41.5 Å². The average molecular weight is 379 g/mol. The topological polar surface area (TPSA) is 73.1 Å². The summed E-state index contributed by atoms with van der Waals surface area (Å²) < 4.78 is 7.04. The molecule has 3 heterocycles. The molecule has 146 valence electrons. The fourth-order valence-electron chi connectivity index (χ4n) is 3.93. The van der Waals surface area contributed by atoms with E-state index in [1.165, 1.54) is 0 Å². The number of likely N-dealkylation sites (tertiary alicyclic amines) is 1. The average Bonchev–Trinajstić information content (AvgIpc) is 3.17. The molecule has 0 bridgehead atoms. The molecule has 1 fully saturated rings. The van der Waals surface area contributed by atoms with Crippen molar-refractivity contribution >= 4 is 10.9 Å². The number of aryl methyl sites for hydroxylation is 1. The Labute approximate surface area is 164 Å². The number of rotatable bonds is 6. The van der Waals surface area contributed by atoms with E-state index in [0.717, 1.165) is 42.1 Å². The predicted octanol–water partition coefficient (Wildman–Crippen LogP) is 2.48. The first kappa shape index (κ1) is 18.7. The maximum absolute atomic E-state index is 13.2. The van der Waals surface area contributed by atoms with E-state index in [1.807, 2.05) is 31.2 Å². The maximum Gasteiger partial charge on any atom is 0.261 e. The van der Waals surface area contributed by atoms with Crippen molar-refractivity contribution in [2.75, 3.05) is 20.3 Å². The zero-order valence-electron chi connectivity index (χ0n) is 16.3. The molecule has 1 aliphatic heterocycles. The Bertz CT molecular complexity index is 1030. The number of hydrogen-bond donors (Lipinski definition) is 0. The van der Waals surface area contributed by atoms with Crippen molar-refractivity contribution < 1.29 is 4.74 Å². The number of nitrogens with zero attached hydrogens (tertiary/aromatic N) is 5. The molecule has 0 saturated carbocycles. The molecular formula is C21H25N5O2. The summed E-state index contributed by atoms with van der Waals surface area (Å²) in [6.07, 6.45) is 5.48. The van der Waals surface area contributed by atoms with Gasteiger partial charge in [0.05, 0.1) is 41.5 Å². The largest absolute Gasteiger partial charge is 0.383 e. The summed E-state index contributed by atoms with van der Waals surface area (Å²) in [5.41, 5.74) is 2.66. The van der Waals surface area contributed by atoms with Gasteiger partial charge in [0.1, 0.15) is 5.82 Å². The standard InChI is InChI=1S/C21H25N5O2/c1-15-18(23-10-9-22-15)14-25-11-5-8-19(25)20-24-17-7-4-3-6-16(17)21(27)26(20)12-13-28-2/h3-4,6-7,9-10,19H,5,8,11-14H2,1-2H3. The molecule has 3 aromatic rings. The summed E-state index contributed by atoms with van der Waals surface area (Å²) in [7, 11) is 1.65. The van der Waals surface area contributed by atoms with Crippen LogP contribution in [0.3, 0.4) is 0 Å². The van der Waals surface area contributed by atoms with Crippen LogP contribution < -0.4 is 5.56 Å². The lowest BCUT2D eigenvalue weighted by atomic mass is 10.1. The molecule has 1 atom stereocenters. The van der Waals surface area contributed by atoms with Gasteiger partial charge in [0.2, 0.25) is 0 Å². The first-order chi connectivity index (χ1) is 13.7. The summed E-state index contributed by atoms with van der Waals surface area (Å²) in [5, 5.41) is 0.650. The normalized spacial score (nSPS) is 17.4. The molecule has 28 heavy (non-hydrogen) atoms. The van der Waals surface area contributed by atoms with Crippen molar-refractivity contribution in [3.8, 4) is 0 Å². The van der Waals surface area contributed by atoms with Crippen LogP contribution >= 0.6 is 0 Å². The zero-order chi connectivity index (χ0) is 19.5. The molecule has 1 aromatic carbocycles. The van der Waals surface area contributed by atoms with Crippen LogP contribution in [-0.4, -0.2) is 44.7 Å². The van der Waals surface area contributed by atoms with Crippen LogP contribution in [0.4, 0.5) is 0 Å². The van der Waals surface area contributed by atoms with Crippen LogP contribution in [0.25, 0.3) is 10.9 Å². The molecule has 7 nitrogen and oxygen atoms in total. The number of ether oxygens (including phenoxy) is 1. The number of methoxy groups -OCH3 is 1. The second-order valence-corrected chi connectivity index (χ2v) is 7.15. The first-order valence-corrected chi connectivity index (χ1v) is 9.68. The third-order valence-electron chi connectivity index (χ3n) is 5.41. The van der Waals surface area contributed by atoms with E-state index in [0.29, 0.717) is 25.1 Å². The fourth-order valence-corrected chi connectivity index (χ4v) is 3.93. The summed E-state index contributed by atoms with van der Waals surface area (Å²) in [4.78, 5) is 29.3. The minimum Gasteiger partial charge on any atom is -0.383 e. The Morgan fingerprint density at radius 2 is 2.04 bits per heavy atom. The second kappa shape index (κ2) is 8.16. The number of fused-ring (bicyclic) bond motifs is 1. The lowest BCUT2D eigenvalue weighted by Crippen LogP contribution is -2.33. The Morgan fingerprint density at radius 3 is 2.86 bits per heavy atom. The van der Waals surface area contributed by atoms with Gasteiger partial charge in [-0.3, -0.25) is 24.2 Å². The van der Waals surface area contributed by atoms with Crippen LogP contribution in [0.1, 0.15) is 36.1 Å². The van der Waals surface area contributed by atoms with Crippen LogP contribution in [0.2, 0.25) is 0 Å². The van der Waals surface area contributed by atoms with Crippen molar-refractivity contribution in [2.24, 2.45) is 0 Å². The molecule has 0 amide bonds. The van der Waals surface area contributed by atoms with E-state index in [2.05, 4.69) is 14.9 Å². The Kier molecular flexibility index (Phi) is 5.45. The molecule has 0 spiro atoms. The summed E-state index contributed by atoms with van der Waals surface area (Å²) in [6, 6.07) is 7.63. The van der Waals surface area contributed by atoms with Gasteiger partial charge in [0.25, 0.3) is 5.56 Å². The first-order valence-electron chi connectivity index (χ1n) is 9.68. The molecule has 7 heteroatoms. The number of benzene rings is 1. The highest BCUT2D eigenvalue weighted by atomic mass is 16.5. The summed E-state index contributed by atoms with van der Waals surface area (Å²) in [5.74, 6) is 0.819. The van der Waals surface area contributed by atoms with E-state index in [4.69, 9.17) is 9.72 Å². The highest BCUT2D eigenvalue weighted by molar-refractivity contribution is 5.77. The smallest absolute Gasteiger partial charge is 0.261 e. The lowest BCUT2D eigenvalue weighted by molar-refractivity contribution is 0.178. The van der Waals surface area contributed by atoms with E-state index in [9.17, 15) is 4.79 Å². The van der Waals surface area contributed by atoms with Gasteiger partial charge in [-0.25, -0.2) is 4.98 Å². The third kappa shape index (κ3) is 3.55. The van der Waals surface area contributed by atoms with Crippen molar-refractivity contribution in [1.29, 1.82) is 0 Å². The van der Waals surface area contributed by atoms with E-state index >= 15 is 0 Å². The van der Waals surface area contributed by atoms with E-state index < -0.39 is 0 Å². The molecule has 1 unspecified atom stereocenters. The highest BCUT2D eigenvalue weighted by Gasteiger charge is 2.31. The van der Waals surface area contributed by atoms with Gasteiger partial charge < -0.3 is 4.74 Å². The van der Waals surface area contributed by atoms with Crippen molar-refractivity contribution in [3.05, 3.63) is 64.2 Å². The highest BCUT2D eigenvalue weighted by Crippen LogP contribution is 2.32. The van der Waals surface area contributed by atoms with Crippen molar-refractivity contribution in [3.63, 3.8) is 0 Å². The van der Waals surface area contributed by atoms with Crippen LogP contribution in [0, 0.1) is 6.92 Å². The molecule has 1 saturated heterocycles. The van der Waals surface area contributed by atoms with Crippen LogP contribution in [0.5, 0.6) is 0 Å². The van der Waals surface area contributed by atoms with Gasteiger partial charge in [-0.1, -0.05) is 12.1 Å². The molecule has 0 radical (unpaired) electrons. The minimum absolute atomic E-state index is 0.000170. The van der Waals surface area contributed by atoms with Crippen molar-refractivity contribution in [1.82, 2.24) is 24.4 Å². The van der Waals surface area contributed by atoms with E-state index in [1.54, 1.807) is 24.1 Å². The van der Waals surface area contributed by atoms with Crippen LogP contribution in [-0.2, 0) is 17.8 Å². The molecule has 2 aromatic heterocycles. The number of hydrogen-bond acceptors (Lipinski definition) is 6. The maximum atomic E-state index is 13.2. The van der Waals surface area contributed by atoms with E-state index in [-0.39, 0.29) is 11.6 Å². The molecule has 0 aliphatic carbocycles. The predicted molar refractivity (Wildman–Crippen MR) is 107 cm³/mol. The van der Waals surface area contributed by atoms with Crippen molar-refractivity contribution in [2.45, 2.75) is 38.9 Å². The Hall–Kier alpha value is -2.64. The summed E-state index contributed by atoms with van der Waals surface area (Å²) in [6.45, 7) is 4.61. The molecule has 4 rings (SSSR count). The van der Waals surface area contributed by atoms with Gasteiger partial charge in [-0.05, 0) is 38.4 Å². The minimum atomic E-state index is 0.000170. The molecule has 1 aliphatic rings. The fraction of sp³-hybridized carbons (Fsp3) is 0.429. The quantitative estimate of drug-likeness (QED) is 0.655. The SMILES string of the molecule is COCCn1c(C2CCCN2Cc2nccnc2C)nc2ccccc2c1=O. The summed E-state index contributed by atoms with van der Waals surface area (Å²) >= 11 is 0. The van der Waals surface area contributed by atoms with Gasteiger partial charge in [-0.2, -0.15) is 0 Å². The number of para-hydroxylation sites is 1. The number of aromatic nitrogens is 4. The zero-order valence-corrected chi connectivity index (χ0v) is 16.3. The second-order valence-electron chi connectivity index (χ2n) is 7.15. The van der Waals surface area contributed by atoms with Gasteiger partial charge >= 0.3 is 0 Å². The van der Waals surface area contributed by atoms with Gasteiger partial charge in [-0.15, -0.1) is 0 Å². The lowest BCUT2D eigenvalue weighted by Gasteiger charge is -2.26. The third-order valence-corrected chi connectivity index (χ3v) is 5.41. The van der Waals surface area contributed by atoms with Gasteiger partial charge in [0.15, 0.2) is 0 Å². The Morgan fingerprint density at radius 1 is 1.21 bits per heavy atom. The molecule has 0 N–H and O–H groups in total. The Balaban J connectivity index is 1.75. The monoisotopic (exact) mass is 379 g/mol.